The molecule has 0 aliphatic carbocycles. The topological polar surface area (TPSA) is 24.7 Å². The van der Waals surface area contributed by atoms with E-state index in [0.29, 0.717) is 0 Å². The van der Waals surface area contributed by atoms with Crippen LogP contribution in [0.15, 0.2) is 84.1 Å². The highest BCUT2D eigenvalue weighted by Gasteiger charge is 2.02. The molecule has 22 heavy (non-hydrogen) atoms. The van der Waals surface area contributed by atoms with Gasteiger partial charge in [0.25, 0.3) is 0 Å². The van der Waals surface area contributed by atoms with Gasteiger partial charge in [-0.3, -0.25) is 0 Å². The van der Waals surface area contributed by atoms with E-state index in [9.17, 15) is 0 Å². The van der Waals surface area contributed by atoms with Crippen LogP contribution in [0, 0.1) is 0 Å². The second kappa shape index (κ2) is 8.73. The maximum Gasteiger partial charge on any atom is 0.0889 e. The van der Waals surface area contributed by atoms with E-state index in [1.165, 1.54) is 11.1 Å². The molecule has 2 rings (SSSR count). The summed E-state index contributed by atoms with van der Waals surface area (Å²) in [5.74, 6) is 0. The first-order valence-electron chi connectivity index (χ1n) is 7.64. The van der Waals surface area contributed by atoms with Crippen molar-refractivity contribution in [1.82, 2.24) is 0 Å². The third-order valence-electron chi connectivity index (χ3n) is 3.48. The quantitative estimate of drug-likeness (QED) is 0.400. The summed E-state index contributed by atoms with van der Waals surface area (Å²) in [5.41, 5.74) is 4.27. The van der Waals surface area contributed by atoms with E-state index in [4.69, 9.17) is 0 Å². The number of benzene rings is 2. The van der Waals surface area contributed by atoms with Crippen molar-refractivity contribution >= 4 is 11.4 Å². The largest absolute Gasteiger partial charge is 0.150 e. The number of azo groups is 1. The van der Waals surface area contributed by atoms with Crippen molar-refractivity contribution < 1.29 is 0 Å². The highest BCUT2D eigenvalue weighted by Crippen LogP contribution is 2.26. The molecular formula is C20H22N2. The van der Waals surface area contributed by atoms with Gasteiger partial charge in [-0.15, -0.1) is 13.2 Å². The Morgan fingerprint density at radius 3 is 1.50 bits per heavy atom. The van der Waals surface area contributed by atoms with E-state index >= 15 is 0 Å². The fraction of sp³-hybridized carbons (Fsp3) is 0.200. The lowest BCUT2D eigenvalue weighted by atomic mass is 10.1. The Kier molecular flexibility index (Phi) is 6.31. The van der Waals surface area contributed by atoms with Gasteiger partial charge in [0.2, 0.25) is 0 Å². The van der Waals surface area contributed by atoms with E-state index < -0.39 is 0 Å². The third kappa shape index (κ3) is 4.52. The summed E-state index contributed by atoms with van der Waals surface area (Å²) in [7, 11) is 0. The van der Waals surface area contributed by atoms with Gasteiger partial charge in [-0.25, -0.2) is 0 Å². The molecule has 0 radical (unpaired) electrons. The number of nitrogens with zero attached hydrogens (tertiary/aromatic N) is 2. The van der Waals surface area contributed by atoms with Crippen molar-refractivity contribution in [3.8, 4) is 0 Å². The van der Waals surface area contributed by atoms with Gasteiger partial charge in [0.15, 0.2) is 0 Å². The lowest BCUT2D eigenvalue weighted by Crippen LogP contribution is -1.85. The van der Waals surface area contributed by atoms with E-state index in [1.54, 1.807) is 0 Å². The molecule has 2 nitrogen and oxygen atoms in total. The number of rotatable bonds is 8. The van der Waals surface area contributed by atoms with Crippen LogP contribution in [0.2, 0.25) is 0 Å². The molecule has 2 aromatic carbocycles. The van der Waals surface area contributed by atoms with Crippen molar-refractivity contribution in [2.75, 3.05) is 0 Å². The molecule has 0 saturated heterocycles. The minimum Gasteiger partial charge on any atom is -0.150 e. The first-order valence-corrected chi connectivity index (χ1v) is 7.64. The molecule has 0 bridgehead atoms. The molecule has 0 fully saturated rings. The van der Waals surface area contributed by atoms with Gasteiger partial charge < -0.3 is 0 Å². The standard InChI is InChI=1S/C20H22N2/c1-3-5-11-17-13-7-9-15-19(17)21-22-20-16-10-8-14-18(20)12-6-4-2/h3-4,7-10,13-16H,1-2,5-6,11-12H2. The molecule has 0 saturated carbocycles. The summed E-state index contributed by atoms with van der Waals surface area (Å²) >= 11 is 0. The highest BCUT2D eigenvalue weighted by atomic mass is 15.1. The highest BCUT2D eigenvalue weighted by molar-refractivity contribution is 5.49. The molecule has 0 heterocycles. The van der Waals surface area contributed by atoms with Crippen LogP contribution in [-0.2, 0) is 12.8 Å². The van der Waals surface area contributed by atoms with E-state index in [0.717, 1.165) is 37.1 Å². The molecule has 2 heteroatoms. The molecule has 0 N–H and O–H groups in total. The van der Waals surface area contributed by atoms with Crippen LogP contribution in [0.4, 0.5) is 11.4 Å². The molecular weight excluding hydrogens is 268 g/mol. The fourth-order valence-electron chi connectivity index (χ4n) is 2.26. The normalized spacial score (nSPS) is 10.7. The zero-order valence-corrected chi connectivity index (χ0v) is 12.9. The SMILES string of the molecule is C=CCCc1ccccc1N=Nc1ccccc1CCC=C. The van der Waals surface area contributed by atoms with Gasteiger partial charge in [-0.1, -0.05) is 48.6 Å². The van der Waals surface area contributed by atoms with E-state index in [-0.39, 0.29) is 0 Å². The molecule has 0 amide bonds. The van der Waals surface area contributed by atoms with Crippen LogP contribution in [-0.4, -0.2) is 0 Å². The van der Waals surface area contributed by atoms with Gasteiger partial charge in [0.1, 0.15) is 0 Å². The molecule has 0 aliphatic rings. The molecule has 0 aliphatic heterocycles. The number of allylic oxidation sites excluding steroid dienone is 2. The number of aryl methyl sites for hydroxylation is 2. The predicted octanol–water partition coefficient (Wildman–Crippen LogP) is 6.34. The average molecular weight is 290 g/mol. The van der Waals surface area contributed by atoms with Crippen LogP contribution < -0.4 is 0 Å². The Hall–Kier alpha value is -2.48. The van der Waals surface area contributed by atoms with Crippen LogP contribution in [0.5, 0.6) is 0 Å². The second-order valence-electron chi connectivity index (χ2n) is 5.11. The van der Waals surface area contributed by atoms with Crippen LogP contribution in [0.3, 0.4) is 0 Å². The second-order valence-corrected chi connectivity index (χ2v) is 5.11. The van der Waals surface area contributed by atoms with E-state index in [2.05, 4.69) is 35.5 Å². The molecule has 0 atom stereocenters. The Balaban J connectivity index is 2.21. The summed E-state index contributed by atoms with van der Waals surface area (Å²) in [6.07, 6.45) is 7.63. The monoisotopic (exact) mass is 290 g/mol. The Morgan fingerprint density at radius 2 is 1.09 bits per heavy atom. The Labute approximate surface area is 132 Å². The van der Waals surface area contributed by atoms with Crippen molar-refractivity contribution in [3.05, 3.63) is 85.0 Å². The van der Waals surface area contributed by atoms with Crippen LogP contribution >= 0.6 is 0 Å². The summed E-state index contributed by atoms with van der Waals surface area (Å²) in [5, 5.41) is 8.93. The van der Waals surface area contributed by atoms with Gasteiger partial charge in [0, 0.05) is 0 Å². The molecule has 112 valence electrons. The molecule has 2 aromatic rings. The third-order valence-corrected chi connectivity index (χ3v) is 3.48. The molecule has 0 unspecified atom stereocenters. The smallest absolute Gasteiger partial charge is 0.0889 e. The van der Waals surface area contributed by atoms with Gasteiger partial charge in [0.05, 0.1) is 11.4 Å². The maximum atomic E-state index is 4.46. The van der Waals surface area contributed by atoms with Gasteiger partial charge in [-0.05, 0) is 48.9 Å². The molecule has 0 aromatic heterocycles. The summed E-state index contributed by atoms with van der Waals surface area (Å²) < 4.78 is 0. The number of hydrogen-bond donors (Lipinski definition) is 0. The van der Waals surface area contributed by atoms with Crippen molar-refractivity contribution in [2.45, 2.75) is 25.7 Å². The summed E-state index contributed by atoms with van der Waals surface area (Å²) in [6, 6.07) is 16.3. The Bertz CT molecular complexity index is 599. The fourth-order valence-corrected chi connectivity index (χ4v) is 2.26. The summed E-state index contributed by atoms with van der Waals surface area (Å²) in [6.45, 7) is 7.55. The zero-order chi connectivity index (χ0) is 15.6. The predicted molar refractivity (Wildman–Crippen MR) is 94.1 cm³/mol. The average Bonchev–Trinajstić information content (AvgIpc) is 2.57. The minimum atomic E-state index is 0.933. The summed E-state index contributed by atoms with van der Waals surface area (Å²) in [4.78, 5) is 0. The zero-order valence-electron chi connectivity index (χ0n) is 12.9. The van der Waals surface area contributed by atoms with Gasteiger partial charge >= 0.3 is 0 Å². The first-order chi connectivity index (χ1) is 10.8. The lowest BCUT2D eigenvalue weighted by molar-refractivity contribution is 0.984. The van der Waals surface area contributed by atoms with Gasteiger partial charge in [-0.2, -0.15) is 10.2 Å². The minimum absolute atomic E-state index is 0.933. The van der Waals surface area contributed by atoms with Crippen molar-refractivity contribution in [3.63, 3.8) is 0 Å². The first kappa shape index (κ1) is 15.9. The van der Waals surface area contributed by atoms with Crippen LogP contribution in [0.25, 0.3) is 0 Å². The van der Waals surface area contributed by atoms with E-state index in [1.807, 2.05) is 48.6 Å². The Morgan fingerprint density at radius 1 is 0.682 bits per heavy atom. The van der Waals surface area contributed by atoms with Crippen molar-refractivity contribution in [2.24, 2.45) is 10.2 Å². The molecule has 0 spiro atoms. The number of hydrogen-bond acceptors (Lipinski definition) is 2. The van der Waals surface area contributed by atoms with Crippen LogP contribution in [0.1, 0.15) is 24.0 Å². The van der Waals surface area contributed by atoms with Crippen molar-refractivity contribution in [1.29, 1.82) is 0 Å². The lowest BCUT2D eigenvalue weighted by Gasteiger charge is -2.05. The maximum absolute atomic E-state index is 4.46.